The lowest BCUT2D eigenvalue weighted by atomic mass is 10.2. The fraction of sp³-hybridized carbons (Fsp3) is 0.0833. The fourth-order valence-electron chi connectivity index (χ4n) is 1.56. The zero-order valence-corrected chi connectivity index (χ0v) is 8.23. The van der Waals surface area contributed by atoms with E-state index in [1.54, 1.807) is 6.20 Å². The van der Waals surface area contributed by atoms with E-state index in [1.165, 1.54) is 0 Å². The predicted molar refractivity (Wildman–Crippen MR) is 56.4 cm³/mol. The molecule has 74 valence electrons. The summed E-state index contributed by atoms with van der Waals surface area (Å²) in [6, 6.07) is 9.77. The monoisotopic (exact) mass is 199 g/mol. The summed E-state index contributed by atoms with van der Waals surface area (Å²) in [7, 11) is 0. The van der Waals surface area contributed by atoms with Gasteiger partial charge in [-0.2, -0.15) is 0 Å². The molecular formula is C12H9NO2. The molecule has 0 bridgehead atoms. The maximum Gasteiger partial charge on any atom is 0.263 e. The third kappa shape index (κ3) is 1.32. The molecule has 2 aromatic heterocycles. The lowest BCUT2D eigenvalue weighted by Gasteiger charge is -1.86. The van der Waals surface area contributed by atoms with Crippen LogP contribution in [0.1, 0.15) is 5.76 Å². The van der Waals surface area contributed by atoms with Gasteiger partial charge in [-0.25, -0.2) is 4.98 Å². The molecular weight excluding hydrogens is 190 g/mol. The van der Waals surface area contributed by atoms with Crippen LogP contribution in [-0.4, -0.2) is 4.98 Å². The topological polar surface area (TPSA) is 39.2 Å². The maximum atomic E-state index is 5.61. The summed E-state index contributed by atoms with van der Waals surface area (Å²) in [5.41, 5.74) is 0.850. The van der Waals surface area contributed by atoms with E-state index in [2.05, 4.69) is 4.98 Å². The molecule has 0 spiro atoms. The normalized spacial score (nSPS) is 11.0. The van der Waals surface area contributed by atoms with E-state index in [4.69, 9.17) is 8.83 Å². The molecule has 3 heteroatoms. The zero-order chi connectivity index (χ0) is 10.3. The first-order valence-corrected chi connectivity index (χ1v) is 4.74. The summed E-state index contributed by atoms with van der Waals surface area (Å²) in [6.07, 6.45) is 1.68. The van der Waals surface area contributed by atoms with Gasteiger partial charge in [0.15, 0.2) is 5.76 Å². The Kier molecular flexibility index (Phi) is 1.65. The number of aromatic nitrogens is 1. The number of fused-ring (bicyclic) bond motifs is 1. The van der Waals surface area contributed by atoms with E-state index >= 15 is 0 Å². The number of oxazole rings is 1. The molecule has 1 aromatic carbocycles. The lowest BCUT2D eigenvalue weighted by Crippen LogP contribution is -1.68. The highest BCUT2D eigenvalue weighted by Crippen LogP contribution is 2.26. The van der Waals surface area contributed by atoms with Crippen molar-refractivity contribution in [2.75, 3.05) is 0 Å². The third-order valence-electron chi connectivity index (χ3n) is 2.26. The molecule has 0 saturated carbocycles. The third-order valence-corrected chi connectivity index (χ3v) is 2.26. The lowest BCUT2D eigenvalue weighted by molar-refractivity contribution is 0.512. The molecule has 3 nitrogen and oxygen atoms in total. The molecule has 0 N–H and O–H groups in total. The van der Waals surface area contributed by atoms with Gasteiger partial charge in [0.25, 0.3) is 5.89 Å². The summed E-state index contributed by atoms with van der Waals surface area (Å²) >= 11 is 0. The maximum absolute atomic E-state index is 5.61. The first kappa shape index (κ1) is 8.29. The van der Waals surface area contributed by atoms with Crippen LogP contribution in [0.3, 0.4) is 0 Å². The second kappa shape index (κ2) is 2.98. The van der Waals surface area contributed by atoms with Gasteiger partial charge in [0.1, 0.15) is 11.3 Å². The molecule has 0 unspecified atom stereocenters. The largest absolute Gasteiger partial charge is 0.451 e. The fourth-order valence-corrected chi connectivity index (χ4v) is 1.56. The zero-order valence-electron chi connectivity index (χ0n) is 8.23. The first-order valence-electron chi connectivity index (χ1n) is 4.74. The Bertz CT molecular complexity index is 574. The van der Waals surface area contributed by atoms with Gasteiger partial charge in [-0.05, 0) is 19.1 Å². The van der Waals surface area contributed by atoms with Crippen molar-refractivity contribution in [3.63, 3.8) is 0 Å². The molecule has 0 saturated heterocycles. The van der Waals surface area contributed by atoms with Gasteiger partial charge < -0.3 is 8.83 Å². The quantitative estimate of drug-likeness (QED) is 0.603. The highest BCUT2D eigenvalue weighted by molar-refractivity contribution is 5.81. The van der Waals surface area contributed by atoms with Crippen molar-refractivity contribution in [3.05, 3.63) is 42.3 Å². The number of furan rings is 1. The Morgan fingerprint density at radius 1 is 1.13 bits per heavy atom. The van der Waals surface area contributed by atoms with Crippen molar-refractivity contribution in [3.8, 4) is 11.7 Å². The summed E-state index contributed by atoms with van der Waals surface area (Å²) in [5, 5.41) is 1.06. The molecule has 0 radical (unpaired) electrons. The van der Waals surface area contributed by atoms with E-state index < -0.39 is 0 Å². The minimum Gasteiger partial charge on any atom is -0.451 e. The van der Waals surface area contributed by atoms with Gasteiger partial charge in [-0.1, -0.05) is 18.2 Å². The summed E-state index contributed by atoms with van der Waals surface area (Å²) in [5.74, 6) is 1.98. The predicted octanol–water partition coefficient (Wildman–Crippen LogP) is 3.40. The molecule has 0 fully saturated rings. The number of benzene rings is 1. The van der Waals surface area contributed by atoms with Crippen molar-refractivity contribution >= 4 is 11.0 Å². The summed E-state index contributed by atoms with van der Waals surface area (Å²) < 4.78 is 11.0. The van der Waals surface area contributed by atoms with Crippen LogP contribution in [0.25, 0.3) is 22.6 Å². The Hall–Kier alpha value is -2.03. The number of nitrogens with zero attached hydrogens (tertiary/aromatic N) is 1. The van der Waals surface area contributed by atoms with Gasteiger partial charge in [-0.15, -0.1) is 0 Å². The summed E-state index contributed by atoms with van der Waals surface area (Å²) in [4.78, 5) is 4.12. The van der Waals surface area contributed by atoms with Gasteiger partial charge >= 0.3 is 0 Å². The van der Waals surface area contributed by atoms with Crippen molar-refractivity contribution in [2.24, 2.45) is 0 Å². The SMILES string of the molecule is Cc1cnc(-c2cc3ccccc3o2)o1. The van der Waals surface area contributed by atoms with Crippen LogP contribution in [0.2, 0.25) is 0 Å². The highest BCUT2D eigenvalue weighted by atomic mass is 16.4. The molecule has 0 aliphatic rings. The molecule has 0 amide bonds. The molecule has 0 aliphatic carbocycles. The van der Waals surface area contributed by atoms with Crippen molar-refractivity contribution < 1.29 is 8.83 Å². The Morgan fingerprint density at radius 3 is 2.73 bits per heavy atom. The number of hydrogen-bond acceptors (Lipinski definition) is 3. The van der Waals surface area contributed by atoms with Crippen LogP contribution >= 0.6 is 0 Å². The van der Waals surface area contributed by atoms with E-state index in [-0.39, 0.29) is 0 Å². The number of aryl methyl sites for hydroxylation is 1. The molecule has 2 heterocycles. The van der Waals surface area contributed by atoms with Gasteiger partial charge in [0, 0.05) is 5.39 Å². The smallest absolute Gasteiger partial charge is 0.263 e. The number of para-hydroxylation sites is 1. The van der Waals surface area contributed by atoms with Crippen molar-refractivity contribution in [1.29, 1.82) is 0 Å². The minimum absolute atomic E-state index is 0.531. The highest BCUT2D eigenvalue weighted by Gasteiger charge is 2.10. The van der Waals surface area contributed by atoms with Crippen LogP contribution in [0, 0.1) is 6.92 Å². The Balaban J connectivity index is 2.19. The van der Waals surface area contributed by atoms with E-state index in [9.17, 15) is 0 Å². The van der Waals surface area contributed by atoms with E-state index in [0.717, 1.165) is 16.7 Å². The molecule has 15 heavy (non-hydrogen) atoms. The molecule has 0 atom stereocenters. The van der Waals surface area contributed by atoms with Crippen molar-refractivity contribution in [1.82, 2.24) is 4.98 Å². The summed E-state index contributed by atoms with van der Waals surface area (Å²) in [6.45, 7) is 1.86. The van der Waals surface area contributed by atoms with Gasteiger partial charge in [-0.3, -0.25) is 0 Å². The van der Waals surface area contributed by atoms with E-state index in [0.29, 0.717) is 11.7 Å². The van der Waals surface area contributed by atoms with Crippen LogP contribution in [0.15, 0.2) is 45.4 Å². The van der Waals surface area contributed by atoms with Crippen molar-refractivity contribution in [2.45, 2.75) is 6.92 Å². The van der Waals surface area contributed by atoms with Gasteiger partial charge in [0.05, 0.1) is 6.20 Å². The number of rotatable bonds is 1. The van der Waals surface area contributed by atoms with E-state index in [1.807, 2.05) is 37.3 Å². The second-order valence-electron chi connectivity index (χ2n) is 3.42. The average molecular weight is 199 g/mol. The van der Waals surface area contributed by atoms with Crippen LogP contribution < -0.4 is 0 Å². The Labute approximate surface area is 86.3 Å². The molecule has 3 aromatic rings. The van der Waals surface area contributed by atoms with Crippen LogP contribution in [0.5, 0.6) is 0 Å². The number of hydrogen-bond donors (Lipinski definition) is 0. The second-order valence-corrected chi connectivity index (χ2v) is 3.42. The van der Waals surface area contributed by atoms with Crippen LogP contribution in [-0.2, 0) is 0 Å². The minimum atomic E-state index is 0.531. The molecule has 3 rings (SSSR count). The van der Waals surface area contributed by atoms with Gasteiger partial charge in [0.2, 0.25) is 0 Å². The first-order chi connectivity index (χ1) is 7.33. The Morgan fingerprint density at radius 2 is 2.00 bits per heavy atom. The standard InChI is InChI=1S/C12H9NO2/c1-8-7-13-12(14-8)11-6-9-4-2-3-5-10(9)15-11/h2-7H,1H3. The average Bonchev–Trinajstić information content (AvgIpc) is 2.82. The molecule has 0 aliphatic heterocycles. The van der Waals surface area contributed by atoms with Crippen LogP contribution in [0.4, 0.5) is 0 Å².